The fraction of sp³-hybridized carbons (Fsp3) is 0.333. The molecule has 0 unspecified atom stereocenters. The summed E-state index contributed by atoms with van der Waals surface area (Å²) in [6.07, 6.45) is -4.53. The van der Waals surface area contributed by atoms with E-state index in [1.807, 2.05) is 6.07 Å². The van der Waals surface area contributed by atoms with Gasteiger partial charge in [0.15, 0.2) is 0 Å². The van der Waals surface area contributed by atoms with Crippen molar-refractivity contribution < 1.29 is 17.9 Å². The van der Waals surface area contributed by atoms with Gasteiger partial charge in [-0.1, -0.05) is 6.07 Å². The van der Waals surface area contributed by atoms with E-state index in [0.717, 1.165) is 6.07 Å². The molecular weight excluding hydrogens is 209 g/mol. The normalized spacial score (nSPS) is 10.9. The van der Waals surface area contributed by atoms with Crippen molar-refractivity contribution in [3.05, 3.63) is 23.4 Å². The number of methoxy groups -OCH3 is 1. The standard InChI is InChI=1S/C9H7F3N2O/c1-15-8-6(4-5-13)2-3-7(14-8)9(10,11)12/h2-3H,4H2,1H3. The number of nitriles is 1. The molecule has 0 atom stereocenters. The largest absolute Gasteiger partial charge is 0.481 e. The Hall–Kier alpha value is -1.77. The van der Waals surface area contributed by atoms with Crippen LogP contribution in [0.4, 0.5) is 13.2 Å². The van der Waals surface area contributed by atoms with Gasteiger partial charge in [0.2, 0.25) is 5.88 Å². The van der Waals surface area contributed by atoms with E-state index in [0.29, 0.717) is 5.56 Å². The molecule has 0 spiro atoms. The molecule has 1 aromatic heterocycles. The summed E-state index contributed by atoms with van der Waals surface area (Å²) in [6, 6.07) is 3.84. The van der Waals surface area contributed by atoms with Crippen molar-refractivity contribution in [1.29, 1.82) is 5.26 Å². The summed E-state index contributed by atoms with van der Waals surface area (Å²) in [7, 11) is 1.21. The van der Waals surface area contributed by atoms with Crippen molar-refractivity contribution in [2.45, 2.75) is 12.6 Å². The van der Waals surface area contributed by atoms with Crippen LogP contribution in [-0.4, -0.2) is 12.1 Å². The Morgan fingerprint density at radius 3 is 2.60 bits per heavy atom. The first kappa shape index (κ1) is 11.3. The average Bonchev–Trinajstić information content (AvgIpc) is 2.17. The van der Waals surface area contributed by atoms with Gasteiger partial charge in [0.05, 0.1) is 19.6 Å². The van der Waals surface area contributed by atoms with Gasteiger partial charge in [-0.25, -0.2) is 4.98 Å². The van der Waals surface area contributed by atoms with E-state index < -0.39 is 11.9 Å². The SMILES string of the molecule is COc1nc(C(F)(F)F)ccc1CC#N. The van der Waals surface area contributed by atoms with Crippen molar-refractivity contribution >= 4 is 0 Å². The highest BCUT2D eigenvalue weighted by Crippen LogP contribution is 2.30. The molecule has 80 valence electrons. The molecule has 0 radical (unpaired) electrons. The number of hydrogen-bond donors (Lipinski definition) is 0. The molecule has 3 nitrogen and oxygen atoms in total. The van der Waals surface area contributed by atoms with Crippen LogP contribution < -0.4 is 4.74 Å². The van der Waals surface area contributed by atoms with E-state index in [1.165, 1.54) is 13.2 Å². The van der Waals surface area contributed by atoms with E-state index in [1.54, 1.807) is 0 Å². The van der Waals surface area contributed by atoms with E-state index in [9.17, 15) is 13.2 Å². The van der Waals surface area contributed by atoms with Crippen LogP contribution in [0.5, 0.6) is 5.88 Å². The van der Waals surface area contributed by atoms with E-state index in [2.05, 4.69) is 9.72 Å². The molecule has 0 aromatic carbocycles. The lowest BCUT2D eigenvalue weighted by Gasteiger charge is -2.09. The van der Waals surface area contributed by atoms with Gasteiger partial charge >= 0.3 is 6.18 Å². The van der Waals surface area contributed by atoms with Gasteiger partial charge in [-0.15, -0.1) is 0 Å². The minimum atomic E-state index is -4.50. The Balaban J connectivity index is 3.14. The summed E-state index contributed by atoms with van der Waals surface area (Å²) in [5.41, 5.74) is -0.686. The fourth-order valence-corrected chi connectivity index (χ4v) is 1.02. The van der Waals surface area contributed by atoms with Gasteiger partial charge < -0.3 is 4.74 Å². The molecule has 0 aliphatic rings. The topological polar surface area (TPSA) is 45.9 Å². The Kier molecular flexibility index (Phi) is 3.14. The van der Waals surface area contributed by atoms with Crippen molar-refractivity contribution in [3.63, 3.8) is 0 Å². The molecule has 0 aliphatic carbocycles. The van der Waals surface area contributed by atoms with Crippen LogP contribution >= 0.6 is 0 Å². The van der Waals surface area contributed by atoms with E-state index in [4.69, 9.17) is 5.26 Å². The highest BCUT2D eigenvalue weighted by Gasteiger charge is 2.33. The predicted octanol–water partition coefficient (Wildman–Crippen LogP) is 2.18. The molecule has 0 bridgehead atoms. The number of hydrogen-bond acceptors (Lipinski definition) is 3. The zero-order chi connectivity index (χ0) is 11.5. The molecule has 6 heteroatoms. The molecule has 1 heterocycles. The zero-order valence-corrected chi connectivity index (χ0v) is 7.80. The molecule has 0 saturated carbocycles. The lowest BCUT2D eigenvalue weighted by atomic mass is 10.2. The third kappa shape index (κ3) is 2.59. The van der Waals surface area contributed by atoms with Gasteiger partial charge in [-0.05, 0) is 6.07 Å². The van der Waals surface area contributed by atoms with Crippen LogP contribution in [0, 0.1) is 11.3 Å². The number of nitrogens with zero attached hydrogens (tertiary/aromatic N) is 2. The van der Waals surface area contributed by atoms with E-state index >= 15 is 0 Å². The van der Waals surface area contributed by atoms with Gasteiger partial charge in [0.1, 0.15) is 5.69 Å². The average molecular weight is 216 g/mol. The van der Waals surface area contributed by atoms with Gasteiger partial charge in [-0.3, -0.25) is 0 Å². The molecule has 15 heavy (non-hydrogen) atoms. The van der Waals surface area contributed by atoms with Crippen LogP contribution in [0.2, 0.25) is 0 Å². The number of pyridine rings is 1. The Morgan fingerprint density at radius 2 is 2.13 bits per heavy atom. The minimum Gasteiger partial charge on any atom is -0.481 e. The maximum absolute atomic E-state index is 12.2. The summed E-state index contributed by atoms with van der Waals surface area (Å²) in [4.78, 5) is 3.28. The highest BCUT2D eigenvalue weighted by atomic mass is 19.4. The maximum atomic E-state index is 12.2. The van der Waals surface area contributed by atoms with Crippen molar-refractivity contribution in [2.24, 2.45) is 0 Å². The lowest BCUT2D eigenvalue weighted by molar-refractivity contribution is -0.141. The Bertz CT molecular complexity index is 395. The minimum absolute atomic E-state index is 0.0334. The highest BCUT2D eigenvalue weighted by molar-refractivity contribution is 5.31. The first-order chi connectivity index (χ1) is 6.99. The Labute approximate surface area is 84.1 Å². The second-order valence-electron chi connectivity index (χ2n) is 2.70. The number of aromatic nitrogens is 1. The molecule has 1 aromatic rings. The molecule has 0 aliphatic heterocycles. The zero-order valence-electron chi connectivity index (χ0n) is 7.80. The van der Waals surface area contributed by atoms with Gasteiger partial charge in [0.25, 0.3) is 0 Å². The van der Waals surface area contributed by atoms with Crippen LogP contribution in [-0.2, 0) is 12.6 Å². The fourth-order valence-electron chi connectivity index (χ4n) is 1.02. The Morgan fingerprint density at radius 1 is 1.47 bits per heavy atom. The van der Waals surface area contributed by atoms with Crippen molar-refractivity contribution in [3.8, 4) is 11.9 Å². The summed E-state index contributed by atoms with van der Waals surface area (Å²) in [6.45, 7) is 0. The van der Waals surface area contributed by atoms with Crippen LogP contribution in [0.25, 0.3) is 0 Å². The molecule has 0 saturated heterocycles. The molecular formula is C9H7F3N2O. The van der Waals surface area contributed by atoms with Crippen LogP contribution in [0.15, 0.2) is 12.1 Å². The molecule has 0 N–H and O–H groups in total. The van der Waals surface area contributed by atoms with Crippen molar-refractivity contribution in [2.75, 3.05) is 7.11 Å². The molecule has 1 rings (SSSR count). The quantitative estimate of drug-likeness (QED) is 0.761. The second kappa shape index (κ2) is 4.17. The lowest BCUT2D eigenvalue weighted by Crippen LogP contribution is -2.09. The number of halogens is 3. The monoisotopic (exact) mass is 216 g/mol. The first-order valence-electron chi connectivity index (χ1n) is 3.97. The number of rotatable bonds is 2. The first-order valence-corrected chi connectivity index (χ1v) is 3.97. The molecule has 0 fully saturated rings. The summed E-state index contributed by atoms with van der Waals surface area (Å²) in [5.74, 6) is -0.161. The third-order valence-corrected chi connectivity index (χ3v) is 1.69. The summed E-state index contributed by atoms with van der Waals surface area (Å²) < 4.78 is 41.4. The summed E-state index contributed by atoms with van der Waals surface area (Å²) in [5, 5.41) is 8.41. The summed E-state index contributed by atoms with van der Waals surface area (Å²) >= 11 is 0. The van der Waals surface area contributed by atoms with E-state index in [-0.39, 0.29) is 12.3 Å². The number of ether oxygens (including phenoxy) is 1. The van der Waals surface area contributed by atoms with Gasteiger partial charge in [-0.2, -0.15) is 18.4 Å². The van der Waals surface area contributed by atoms with Crippen LogP contribution in [0.1, 0.15) is 11.3 Å². The molecule has 0 amide bonds. The smallest absolute Gasteiger partial charge is 0.433 e. The number of alkyl halides is 3. The maximum Gasteiger partial charge on any atom is 0.433 e. The third-order valence-electron chi connectivity index (χ3n) is 1.69. The van der Waals surface area contributed by atoms with Gasteiger partial charge in [0, 0.05) is 5.56 Å². The van der Waals surface area contributed by atoms with Crippen LogP contribution in [0.3, 0.4) is 0 Å². The van der Waals surface area contributed by atoms with Crippen molar-refractivity contribution in [1.82, 2.24) is 4.98 Å². The second-order valence-corrected chi connectivity index (χ2v) is 2.70. The predicted molar refractivity (Wildman–Crippen MR) is 45.1 cm³/mol.